The van der Waals surface area contributed by atoms with E-state index in [1.165, 1.54) is 22.9 Å². The number of nitriles is 1. The van der Waals surface area contributed by atoms with Crippen LogP contribution in [0, 0.1) is 25.2 Å². The first-order valence-electron chi connectivity index (χ1n) is 7.99. The van der Waals surface area contributed by atoms with Crippen LogP contribution in [-0.4, -0.2) is 20.5 Å². The lowest BCUT2D eigenvalue weighted by atomic mass is 10.2. The van der Waals surface area contributed by atoms with Crippen LogP contribution >= 0.6 is 11.8 Å². The van der Waals surface area contributed by atoms with E-state index in [-0.39, 0.29) is 0 Å². The topological polar surface area (TPSA) is 66.5 Å². The van der Waals surface area contributed by atoms with Gasteiger partial charge in [0, 0.05) is 11.4 Å². The van der Waals surface area contributed by atoms with Gasteiger partial charge in [-0.25, -0.2) is 0 Å². The maximum absolute atomic E-state index is 8.87. The third-order valence-corrected chi connectivity index (χ3v) is 4.56. The number of anilines is 1. The van der Waals surface area contributed by atoms with E-state index >= 15 is 0 Å². The Hall–Kier alpha value is -2.78. The van der Waals surface area contributed by atoms with E-state index in [0.29, 0.717) is 12.3 Å². The Morgan fingerprint density at radius 1 is 1.00 bits per heavy atom. The van der Waals surface area contributed by atoms with Crippen molar-refractivity contribution in [2.75, 3.05) is 11.1 Å². The third kappa shape index (κ3) is 4.20. The van der Waals surface area contributed by atoms with E-state index < -0.39 is 0 Å². The van der Waals surface area contributed by atoms with Crippen molar-refractivity contribution in [2.45, 2.75) is 25.5 Å². The number of hydrogen-bond donors (Lipinski definition) is 1. The van der Waals surface area contributed by atoms with E-state index in [2.05, 4.69) is 59.7 Å². The third-order valence-electron chi connectivity index (χ3n) is 3.76. The van der Waals surface area contributed by atoms with Gasteiger partial charge in [-0.3, -0.25) is 4.57 Å². The highest BCUT2D eigenvalue weighted by Crippen LogP contribution is 2.23. The van der Waals surface area contributed by atoms with Gasteiger partial charge in [0.05, 0.1) is 18.4 Å². The first kappa shape index (κ1) is 17.1. The molecule has 0 saturated heterocycles. The highest BCUT2D eigenvalue weighted by molar-refractivity contribution is 7.99. The molecule has 0 bridgehead atoms. The van der Waals surface area contributed by atoms with Crippen LogP contribution in [0.4, 0.5) is 5.69 Å². The van der Waals surface area contributed by atoms with Gasteiger partial charge in [0.1, 0.15) is 0 Å². The molecule has 0 amide bonds. The lowest BCUT2D eigenvalue weighted by Gasteiger charge is -2.11. The minimum Gasteiger partial charge on any atom is -0.378 e. The summed E-state index contributed by atoms with van der Waals surface area (Å²) in [6.07, 6.45) is 0. The number of nitrogens with one attached hydrogen (secondary N) is 1. The van der Waals surface area contributed by atoms with Crippen molar-refractivity contribution >= 4 is 17.4 Å². The maximum Gasteiger partial charge on any atom is 0.196 e. The molecule has 0 unspecified atom stereocenters. The molecule has 0 fully saturated rings. The molecular formula is C19H19N5S. The predicted octanol–water partition coefficient (Wildman–Crippen LogP) is 4.11. The number of thioether (sulfide) groups is 1. The van der Waals surface area contributed by atoms with Crippen molar-refractivity contribution in [3.8, 4) is 11.8 Å². The van der Waals surface area contributed by atoms with Crippen LogP contribution in [0.2, 0.25) is 0 Å². The van der Waals surface area contributed by atoms with E-state index in [1.807, 2.05) is 28.8 Å². The fraction of sp³-hybridized carbons (Fsp3) is 0.211. The standard InChI is InChI=1S/C19H19N5S/c1-14-3-7-16(8-4-14)21-13-18-22-23-19(25-12-11-20)24(18)17-9-5-15(2)6-10-17/h3-10,21H,12-13H2,1-2H3. The monoisotopic (exact) mass is 349 g/mol. The van der Waals surface area contributed by atoms with Crippen molar-refractivity contribution in [2.24, 2.45) is 0 Å². The summed E-state index contributed by atoms with van der Waals surface area (Å²) in [4.78, 5) is 0. The molecule has 3 aromatic rings. The Kier molecular flexibility index (Phi) is 5.36. The van der Waals surface area contributed by atoms with Crippen LogP contribution in [0.25, 0.3) is 5.69 Å². The molecule has 5 nitrogen and oxygen atoms in total. The van der Waals surface area contributed by atoms with Crippen molar-refractivity contribution in [1.82, 2.24) is 14.8 Å². The molecule has 0 aliphatic heterocycles. The summed E-state index contributed by atoms with van der Waals surface area (Å²) in [5.74, 6) is 1.15. The smallest absolute Gasteiger partial charge is 0.196 e. The molecule has 25 heavy (non-hydrogen) atoms. The first-order chi connectivity index (χ1) is 12.2. The van der Waals surface area contributed by atoms with Crippen molar-refractivity contribution in [1.29, 1.82) is 5.26 Å². The molecule has 0 atom stereocenters. The molecule has 1 aromatic heterocycles. The molecule has 0 spiro atoms. The van der Waals surface area contributed by atoms with Crippen molar-refractivity contribution in [3.05, 3.63) is 65.5 Å². The Bertz CT molecular complexity index is 876. The number of aromatic nitrogens is 3. The highest BCUT2D eigenvalue weighted by atomic mass is 32.2. The predicted molar refractivity (Wildman–Crippen MR) is 101 cm³/mol. The number of hydrogen-bond acceptors (Lipinski definition) is 5. The minimum atomic E-state index is 0.343. The van der Waals surface area contributed by atoms with E-state index in [9.17, 15) is 0 Å². The Morgan fingerprint density at radius 2 is 1.64 bits per heavy atom. The highest BCUT2D eigenvalue weighted by Gasteiger charge is 2.14. The van der Waals surface area contributed by atoms with Gasteiger partial charge in [0.2, 0.25) is 0 Å². The Labute approximate surface area is 151 Å². The molecule has 2 aromatic carbocycles. The SMILES string of the molecule is Cc1ccc(NCc2nnc(SCC#N)n2-c2ccc(C)cc2)cc1. The number of rotatable bonds is 6. The van der Waals surface area contributed by atoms with Crippen LogP contribution in [-0.2, 0) is 6.54 Å². The lowest BCUT2D eigenvalue weighted by molar-refractivity contribution is 0.841. The molecule has 0 aliphatic rings. The average Bonchev–Trinajstić information content (AvgIpc) is 3.03. The summed E-state index contributed by atoms with van der Waals surface area (Å²) in [5.41, 5.74) is 4.46. The summed E-state index contributed by atoms with van der Waals surface area (Å²) in [6.45, 7) is 4.68. The largest absolute Gasteiger partial charge is 0.378 e. The fourth-order valence-electron chi connectivity index (χ4n) is 2.41. The molecule has 0 aliphatic carbocycles. The van der Waals surface area contributed by atoms with Crippen LogP contribution in [0.3, 0.4) is 0 Å². The molecular weight excluding hydrogens is 330 g/mol. The molecule has 1 heterocycles. The summed E-state index contributed by atoms with van der Waals surface area (Å²) in [6, 6.07) is 18.6. The first-order valence-corrected chi connectivity index (χ1v) is 8.97. The molecule has 6 heteroatoms. The normalized spacial score (nSPS) is 10.4. The summed E-state index contributed by atoms with van der Waals surface area (Å²) < 4.78 is 2.00. The second-order valence-corrected chi connectivity index (χ2v) is 6.68. The summed E-state index contributed by atoms with van der Waals surface area (Å²) >= 11 is 1.39. The fourth-order valence-corrected chi connectivity index (χ4v) is 3.04. The van der Waals surface area contributed by atoms with Gasteiger partial charge >= 0.3 is 0 Å². The molecule has 3 rings (SSSR count). The zero-order valence-corrected chi connectivity index (χ0v) is 15.0. The van der Waals surface area contributed by atoms with Crippen LogP contribution in [0.5, 0.6) is 0 Å². The van der Waals surface area contributed by atoms with Gasteiger partial charge in [-0.1, -0.05) is 47.2 Å². The number of nitrogens with zero attached hydrogens (tertiary/aromatic N) is 4. The average molecular weight is 349 g/mol. The summed E-state index contributed by atoms with van der Waals surface area (Å²) in [7, 11) is 0. The van der Waals surface area contributed by atoms with Crippen molar-refractivity contribution < 1.29 is 0 Å². The van der Waals surface area contributed by atoms with E-state index in [4.69, 9.17) is 5.26 Å². The molecule has 0 saturated carbocycles. The van der Waals surface area contributed by atoms with Crippen LogP contribution < -0.4 is 5.32 Å². The Morgan fingerprint density at radius 3 is 2.28 bits per heavy atom. The molecule has 0 radical (unpaired) electrons. The van der Waals surface area contributed by atoms with Gasteiger partial charge < -0.3 is 5.32 Å². The molecule has 126 valence electrons. The van der Waals surface area contributed by atoms with E-state index in [0.717, 1.165) is 22.4 Å². The second-order valence-electron chi connectivity index (χ2n) is 5.74. The quantitative estimate of drug-likeness (QED) is 0.678. The van der Waals surface area contributed by atoms with Gasteiger partial charge in [-0.2, -0.15) is 5.26 Å². The Balaban J connectivity index is 1.87. The maximum atomic E-state index is 8.87. The van der Waals surface area contributed by atoms with E-state index in [1.54, 1.807) is 0 Å². The number of benzene rings is 2. The van der Waals surface area contributed by atoms with Crippen molar-refractivity contribution in [3.63, 3.8) is 0 Å². The van der Waals surface area contributed by atoms with Crippen LogP contribution in [0.1, 0.15) is 17.0 Å². The minimum absolute atomic E-state index is 0.343. The zero-order chi connectivity index (χ0) is 17.6. The van der Waals surface area contributed by atoms with Gasteiger partial charge in [0.25, 0.3) is 0 Å². The van der Waals surface area contributed by atoms with Gasteiger partial charge in [-0.05, 0) is 38.1 Å². The van der Waals surface area contributed by atoms with Gasteiger partial charge in [-0.15, -0.1) is 10.2 Å². The van der Waals surface area contributed by atoms with Crippen LogP contribution in [0.15, 0.2) is 53.7 Å². The zero-order valence-electron chi connectivity index (χ0n) is 14.2. The van der Waals surface area contributed by atoms with Gasteiger partial charge in [0.15, 0.2) is 11.0 Å². The second kappa shape index (κ2) is 7.86. The lowest BCUT2D eigenvalue weighted by Crippen LogP contribution is -2.08. The summed E-state index contributed by atoms with van der Waals surface area (Å²) in [5, 5.41) is 21.6. The molecule has 1 N–H and O–H groups in total. The number of aryl methyl sites for hydroxylation is 2.